The number of benzene rings is 2. The molecule has 0 aliphatic heterocycles. The molecule has 1 unspecified atom stereocenters. The molecule has 1 heterocycles. The van der Waals surface area contributed by atoms with Crippen LogP contribution in [0.1, 0.15) is 42.4 Å². The standard InChI is InChI=1S/C24H26ClN5O5/c1-14(26-27-24(31)17(4)29-16(3)23(30(32)33)15(2)28-29)19-8-11-21(22(12-19)34-5)35-13-18-6-9-20(25)10-7-18/h6-12,17H,13H2,1-5H3,(H,27,31)/b26-14+. The Kier molecular flexibility index (Phi) is 8.08. The van der Waals surface area contributed by atoms with Gasteiger partial charge >= 0.3 is 5.69 Å². The summed E-state index contributed by atoms with van der Waals surface area (Å²) >= 11 is 5.92. The van der Waals surface area contributed by atoms with Crippen LogP contribution in [-0.2, 0) is 11.4 Å². The van der Waals surface area contributed by atoms with Gasteiger partial charge in [-0.25, -0.2) is 5.43 Å². The zero-order valence-electron chi connectivity index (χ0n) is 20.0. The van der Waals surface area contributed by atoms with Crippen molar-refractivity contribution in [3.8, 4) is 11.5 Å². The van der Waals surface area contributed by atoms with E-state index < -0.39 is 16.9 Å². The van der Waals surface area contributed by atoms with Crippen LogP contribution >= 0.6 is 11.6 Å². The molecule has 10 nitrogen and oxygen atoms in total. The summed E-state index contributed by atoms with van der Waals surface area (Å²) in [4.78, 5) is 23.4. The highest BCUT2D eigenvalue weighted by molar-refractivity contribution is 6.30. The first-order valence-corrected chi connectivity index (χ1v) is 11.1. The van der Waals surface area contributed by atoms with Crippen molar-refractivity contribution in [3.05, 3.63) is 80.1 Å². The SMILES string of the molecule is COc1cc(/C(C)=N/NC(=O)C(C)n2nc(C)c([N+](=O)[O-])c2C)ccc1OCc1ccc(Cl)cc1. The molecule has 0 bridgehead atoms. The average Bonchev–Trinajstić information content (AvgIpc) is 3.15. The van der Waals surface area contributed by atoms with E-state index in [1.54, 1.807) is 51.1 Å². The highest BCUT2D eigenvalue weighted by Gasteiger charge is 2.27. The van der Waals surface area contributed by atoms with Crippen LogP contribution in [0.5, 0.6) is 11.5 Å². The summed E-state index contributed by atoms with van der Waals surface area (Å²) in [7, 11) is 1.54. The minimum atomic E-state index is -0.794. The lowest BCUT2D eigenvalue weighted by Gasteiger charge is -2.14. The Hall–Kier alpha value is -3.92. The van der Waals surface area contributed by atoms with Crippen molar-refractivity contribution >= 4 is 28.9 Å². The first-order valence-electron chi connectivity index (χ1n) is 10.7. The summed E-state index contributed by atoms with van der Waals surface area (Å²) in [6.07, 6.45) is 0. The van der Waals surface area contributed by atoms with E-state index in [0.29, 0.717) is 34.5 Å². The molecule has 0 fully saturated rings. The largest absolute Gasteiger partial charge is 0.493 e. The molecule has 0 saturated heterocycles. The van der Waals surface area contributed by atoms with Gasteiger partial charge in [0.05, 0.1) is 17.7 Å². The lowest BCUT2D eigenvalue weighted by atomic mass is 10.1. The van der Waals surface area contributed by atoms with Crippen molar-refractivity contribution in [2.45, 2.75) is 40.3 Å². The Balaban J connectivity index is 1.69. The van der Waals surface area contributed by atoms with Gasteiger partial charge in [-0.15, -0.1) is 0 Å². The van der Waals surface area contributed by atoms with Gasteiger partial charge in [0.15, 0.2) is 11.5 Å². The quantitative estimate of drug-likeness (QED) is 0.257. The van der Waals surface area contributed by atoms with Gasteiger partial charge < -0.3 is 9.47 Å². The van der Waals surface area contributed by atoms with Crippen molar-refractivity contribution in [2.24, 2.45) is 5.10 Å². The molecule has 0 spiro atoms. The third-order valence-electron chi connectivity index (χ3n) is 5.44. The predicted octanol–water partition coefficient (Wildman–Crippen LogP) is 4.75. The molecule has 1 N–H and O–H groups in total. The monoisotopic (exact) mass is 499 g/mol. The van der Waals surface area contributed by atoms with Gasteiger partial charge in [-0.05, 0) is 63.6 Å². The van der Waals surface area contributed by atoms with Crippen LogP contribution in [0.4, 0.5) is 5.69 Å². The highest BCUT2D eigenvalue weighted by Crippen LogP contribution is 2.29. The van der Waals surface area contributed by atoms with Crippen molar-refractivity contribution < 1.29 is 19.2 Å². The molecule has 3 rings (SSSR count). The fraction of sp³-hybridized carbons (Fsp3) is 0.292. The second-order valence-corrected chi connectivity index (χ2v) is 8.29. The number of aromatic nitrogens is 2. The minimum Gasteiger partial charge on any atom is -0.493 e. The van der Waals surface area contributed by atoms with E-state index in [9.17, 15) is 14.9 Å². The summed E-state index contributed by atoms with van der Waals surface area (Å²) in [5.41, 5.74) is 5.16. The van der Waals surface area contributed by atoms with Gasteiger partial charge in [0, 0.05) is 10.6 Å². The number of rotatable bonds is 9. The van der Waals surface area contributed by atoms with Crippen molar-refractivity contribution in [1.29, 1.82) is 0 Å². The summed E-state index contributed by atoms with van der Waals surface area (Å²) in [6.45, 7) is 6.77. The van der Waals surface area contributed by atoms with Gasteiger partial charge in [0.2, 0.25) is 0 Å². The maximum atomic E-state index is 12.6. The van der Waals surface area contributed by atoms with E-state index in [1.807, 2.05) is 12.1 Å². The number of amides is 1. The van der Waals surface area contributed by atoms with Crippen LogP contribution in [0.25, 0.3) is 0 Å². The second-order valence-electron chi connectivity index (χ2n) is 7.85. The Bertz CT molecular complexity index is 1270. The van der Waals surface area contributed by atoms with Crippen molar-refractivity contribution in [3.63, 3.8) is 0 Å². The molecule has 1 aromatic heterocycles. The van der Waals surface area contributed by atoms with E-state index in [-0.39, 0.29) is 11.4 Å². The first-order chi connectivity index (χ1) is 16.6. The Morgan fingerprint density at radius 3 is 2.51 bits per heavy atom. The van der Waals surface area contributed by atoms with Crippen LogP contribution in [-0.4, -0.2) is 33.4 Å². The highest BCUT2D eigenvalue weighted by atomic mass is 35.5. The number of hydrogen-bond acceptors (Lipinski definition) is 7. The van der Waals surface area contributed by atoms with Crippen LogP contribution in [0.3, 0.4) is 0 Å². The number of nitrogens with zero attached hydrogens (tertiary/aromatic N) is 4. The minimum absolute atomic E-state index is 0.102. The first kappa shape index (κ1) is 25.7. The fourth-order valence-corrected chi connectivity index (χ4v) is 3.58. The Morgan fingerprint density at radius 1 is 1.23 bits per heavy atom. The number of halogens is 1. The Morgan fingerprint density at radius 2 is 1.91 bits per heavy atom. The van der Waals surface area contributed by atoms with E-state index in [1.165, 1.54) is 18.7 Å². The lowest BCUT2D eigenvalue weighted by Crippen LogP contribution is -2.29. The second kappa shape index (κ2) is 11.0. The third-order valence-corrected chi connectivity index (χ3v) is 5.69. The van der Waals surface area contributed by atoms with Gasteiger partial charge in [0.1, 0.15) is 24.0 Å². The number of nitrogens with one attached hydrogen (secondary N) is 1. The van der Waals surface area contributed by atoms with E-state index in [2.05, 4.69) is 15.6 Å². The smallest absolute Gasteiger partial charge is 0.312 e. The molecule has 184 valence electrons. The fourth-order valence-electron chi connectivity index (χ4n) is 3.46. The number of aryl methyl sites for hydroxylation is 1. The number of carbonyl (C=O) groups excluding carboxylic acids is 1. The third kappa shape index (κ3) is 5.96. The molecular weight excluding hydrogens is 474 g/mol. The number of carbonyl (C=O) groups is 1. The molecule has 1 amide bonds. The number of methoxy groups -OCH3 is 1. The van der Waals surface area contributed by atoms with Crippen LogP contribution in [0.15, 0.2) is 47.6 Å². The molecular formula is C24H26ClN5O5. The van der Waals surface area contributed by atoms with E-state index in [0.717, 1.165) is 11.1 Å². The number of hydrazone groups is 1. The van der Waals surface area contributed by atoms with Gasteiger partial charge in [-0.1, -0.05) is 23.7 Å². The zero-order chi connectivity index (χ0) is 25.7. The van der Waals surface area contributed by atoms with E-state index >= 15 is 0 Å². The normalized spacial score (nSPS) is 12.2. The number of nitro groups is 1. The summed E-state index contributed by atoms with van der Waals surface area (Å²) in [5, 5.41) is 20.2. The lowest BCUT2D eigenvalue weighted by molar-refractivity contribution is -0.386. The van der Waals surface area contributed by atoms with Gasteiger partial charge in [-0.2, -0.15) is 10.2 Å². The number of ether oxygens (including phenoxy) is 2. The molecule has 3 aromatic rings. The van der Waals surface area contributed by atoms with Crippen molar-refractivity contribution in [2.75, 3.05) is 7.11 Å². The molecule has 2 aromatic carbocycles. The van der Waals surface area contributed by atoms with E-state index in [4.69, 9.17) is 21.1 Å². The topological polar surface area (TPSA) is 121 Å². The molecule has 11 heteroatoms. The van der Waals surface area contributed by atoms with Crippen LogP contribution < -0.4 is 14.9 Å². The molecule has 35 heavy (non-hydrogen) atoms. The maximum absolute atomic E-state index is 12.6. The summed E-state index contributed by atoms with van der Waals surface area (Å²) < 4.78 is 12.7. The maximum Gasteiger partial charge on any atom is 0.312 e. The summed E-state index contributed by atoms with van der Waals surface area (Å²) in [6, 6.07) is 11.9. The van der Waals surface area contributed by atoms with Crippen LogP contribution in [0.2, 0.25) is 5.02 Å². The van der Waals surface area contributed by atoms with Crippen molar-refractivity contribution in [1.82, 2.24) is 15.2 Å². The molecule has 0 aliphatic rings. The zero-order valence-corrected chi connectivity index (χ0v) is 20.8. The van der Waals surface area contributed by atoms with Gasteiger partial charge in [-0.3, -0.25) is 19.6 Å². The molecule has 0 aliphatic carbocycles. The van der Waals surface area contributed by atoms with Crippen LogP contribution in [0, 0.1) is 24.0 Å². The predicted molar refractivity (Wildman–Crippen MR) is 132 cm³/mol. The van der Waals surface area contributed by atoms with Gasteiger partial charge in [0.25, 0.3) is 5.91 Å². The molecule has 0 radical (unpaired) electrons. The number of hydrogen-bond donors (Lipinski definition) is 1. The Labute approximate surface area is 207 Å². The molecule has 1 atom stereocenters. The molecule has 0 saturated carbocycles. The summed E-state index contributed by atoms with van der Waals surface area (Å²) in [5.74, 6) is 0.614. The average molecular weight is 500 g/mol.